The quantitative estimate of drug-likeness (QED) is 0.632. The largest absolute Gasteiger partial charge is 0.508 e. The Morgan fingerprint density at radius 3 is 2.50 bits per heavy atom. The summed E-state index contributed by atoms with van der Waals surface area (Å²) < 4.78 is 0. The molecule has 1 unspecified atom stereocenters. The number of benzene rings is 3. The molecule has 0 aromatic heterocycles. The van der Waals surface area contributed by atoms with Crippen molar-refractivity contribution in [1.29, 1.82) is 0 Å². The van der Waals surface area contributed by atoms with E-state index in [9.17, 15) is 9.90 Å². The molecule has 0 aliphatic rings. The summed E-state index contributed by atoms with van der Waals surface area (Å²) in [4.78, 5) is 12.6. The first kappa shape index (κ1) is 16.3. The van der Waals surface area contributed by atoms with Gasteiger partial charge < -0.3 is 5.11 Å². The fraction of sp³-hybridized carbons (Fsp3) is 0.227. The molecule has 0 amide bonds. The summed E-state index contributed by atoms with van der Waals surface area (Å²) in [6, 6.07) is 19.4. The van der Waals surface area contributed by atoms with E-state index in [0.29, 0.717) is 17.0 Å². The van der Waals surface area contributed by atoms with E-state index in [-0.39, 0.29) is 18.0 Å². The Kier molecular flexibility index (Phi) is 4.66. The second-order valence-corrected chi connectivity index (χ2v) is 6.36. The minimum Gasteiger partial charge on any atom is -0.508 e. The summed E-state index contributed by atoms with van der Waals surface area (Å²) in [5.41, 5.74) is 2.55. The molecule has 2 nitrogen and oxygen atoms in total. The summed E-state index contributed by atoms with van der Waals surface area (Å²) in [6.07, 6.45) is 1.25. The van der Waals surface area contributed by atoms with Gasteiger partial charge in [-0.2, -0.15) is 0 Å². The zero-order valence-corrected chi connectivity index (χ0v) is 14.1. The lowest BCUT2D eigenvalue weighted by Gasteiger charge is -2.12. The molecule has 0 aliphatic heterocycles. The maximum Gasteiger partial charge on any atom is 0.167 e. The van der Waals surface area contributed by atoms with Gasteiger partial charge in [0.2, 0.25) is 0 Å². The summed E-state index contributed by atoms with van der Waals surface area (Å²) in [6.45, 7) is 4.29. The number of carbonyl (C=O) groups is 1. The van der Waals surface area contributed by atoms with Crippen LogP contribution in [-0.2, 0) is 6.42 Å². The first-order valence-electron chi connectivity index (χ1n) is 8.42. The van der Waals surface area contributed by atoms with Crippen LogP contribution >= 0.6 is 0 Å². The molecule has 0 aliphatic carbocycles. The van der Waals surface area contributed by atoms with Crippen molar-refractivity contribution in [2.24, 2.45) is 0 Å². The highest BCUT2D eigenvalue weighted by Crippen LogP contribution is 2.26. The van der Waals surface area contributed by atoms with Crippen LogP contribution in [0.25, 0.3) is 10.8 Å². The van der Waals surface area contributed by atoms with E-state index in [1.165, 1.54) is 0 Å². The Labute approximate surface area is 142 Å². The molecule has 1 atom stereocenters. The molecule has 1 N–H and O–H groups in total. The van der Waals surface area contributed by atoms with E-state index in [0.717, 1.165) is 22.8 Å². The van der Waals surface area contributed by atoms with Crippen LogP contribution in [0.4, 0.5) is 0 Å². The normalized spacial score (nSPS) is 12.2. The molecule has 0 fully saturated rings. The predicted octanol–water partition coefficient (Wildman–Crippen LogP) is 5.48. The molecule has 24 heavy (non-hydrogen) atoms. The Morgan fingerprint density at radius 2 is 1.75 bits per heavy atom. The van der Waals surface area contributed by atoms with E-state index in [1.807, 2.05) is 54.6 Å². The second kappa shape index (κ2) is 6.88. The van der Waals surface area contributed by atoms with Gasteiger partial charge in [0.1, 0.15) is 5.75 Å². The Morgan fingerprint density at radius 1 is 1.00 bits per heavy atom. The first-order valence-corrected chi connectivity index (χ1v) is 8.42. The molecular formula is C22H22O2. The molecule has 0 spiro atoms. The van der Waals surface area contributed by atoms with Crippen molar-refractivity contribution in [2.75, 3.05) is 0 Å². The van der Waals surface area contributed by atoms with Gasteiger partial charge in [0.15, 0.2) is 5.78 Å². The summed E-state index contributed by atoms with van der Waals surface area (Å²) in [5.74, 6) is 0.633. The minimum atomic E-state index is 0.0253. The third-order valence-corrected chi connectivity index (χ3v) is 4.71. The van der Waals surface area contributed by atoms with Crippen molar-refractivity contribution in [2.45, 2.75) is 32.6 Å². The molecule has 0 saturated carbocycles. The highest BCUT2D eigenvalue weighted by atomic mass is 16.3. The lowest BCUT2D eigenvalue weighted by Crippen LogP contribution is -2.05. The highest BCUT2D eigenvalue weighted by molar-refractivity contribution is 6.01. The van der Waals surface area contributed by atoms with E-state index >= 15 is 0 Å². The summed E-state index contributed by atoms with van der Waals surface area (Å²) >= 11 is 0. The Bertz CT molecular complexity index is 880. The van der Waals surface area contributed by atoms with Gasteiger partial charge in [-0.25, -0.2) is 0 Å². The minimum absolute atomic E-state index is 0.0253. The molecule has 2 heteroatoms. The first-order chi connectivity index (χ1) is 11.6. The standard InChI is InChI=1S/C22H22O2/c1-3-15(2)17-10-11-21(23)20(12-17)14-22(24)19-9-8-16-6-4-5-7-18(16)13-19/h4-13,15,23H,3,14H2,1-2H3. The van der Waals surface area contributed by atoms with Crippen LogP contribution < -0.4 is 0 Å². The Hall–Kier alpha value is -2.61. The van der Waals surface area contributed by atoms with Gasteiger partial charge in [0.05, 0.1) is 0 Å². The number of Topliss-reactive ketones (excluding diaryl/α,β-unsaturated/α-hetero) is 1. The van der Waals surface area contributed by atoms with Crippen molar-refractivity contribution in [3.8, 4) is 5.75 Å². The fourth-order valence-electron chi connectivity index (χ4n) is 2.93. The molecule has 0 saturated heterocycles. The van der Waals surface area contributed by atoms with Gasteiger partial charge in [-0.15, -0.1) is 0 Å². The summed E-state index contributed by atoms with van der Waals surface area (Å²) in [7, 11) is 0. The number of ketones is 1. The van der Waals surface area contributed by atoms with E-state index in [4.69, 9.17) is 0 Å². The second-order valence-electron chi connectivity index (χ2n) is 6.36. The van der Waals surface area contributed by atoms with Crippen LogP contribution in [0.5, 0.6) is 5.75 Å². The number of hydrogen-bond donors (Lipinski definition) is 1. The molecular weight excluding hydrogens is 296 g/mol. The average molecular weight is 318 g/mol. The predicted molar refractivity (Wildman–Crippen MR) is 98.8 cm³/mol. The molecule has 3 rings (SSSR count). The van der Waals surface area contributed by atoms with Crippen molar-refractivity contribution in [1.82, 2.24) is 0 Å². The number of phenolic OH excluding ortho intramolecular Hbond substituents is 1. The average Bonchev–Trinajstić information content (AvgIpc) is 2.62. The van der Waals surface area contributed by atoms with Crippen LogP contribution in [0.1, 0.15) is 47.7 Å². The van der Waals surface area contributed by atoms with Crippen molar-refractivity contribution in [3.63, 3.8) is 0 Å². The van der Waals surface area contributed by atoms with Crippen LogP contribution in [0.15, 0.2) is 60.7 Å². The Balaban J connectivity index is 1.88. The number of hydrogen-bond acceptors (Lipinski definition) is 2. The smallest absolute Gasteiger partial charge is 0.167 e. The van der Waals surface area contributed by atoms with E-state index < -0.39 is 0 Å². The van der Waals surface area contributed by atoms with Gasteiger partial charge >= 0.3 is 0 Å². The molecule has 0 radical (unpaired) electrons. The third-order valence-electron chi connectivity index (χ3n) is 4.71. The molecule has 122 valence electrons. The highest BCUT2D eigenvalue weighted by Gasteiger charge is 2.13. The van der Waals surface area contributed by atoms with Gasteiger partial charge in [-0.1, -0.05) is 62.4 Å². The van der Waals surface area contributed by atoms with Crippen molar-refractivity contribution in [3.05, 3.63) is 77.4 Å². The topological polar surface area (TPSA) is 37.3 Å². The monoisotopic (exact) mass is 318 g/mol. The van der Waals surface area contributed by atoms with Crippen LogP contribution in [-0.4, -0.2) is 10.9 Å². The van der Waals surface area contributed by atoms with Gasteiger partial charge in [0.25, 0.3) is 0 Å². The number of phenols is 1. The molecule has 0 bridgehead atoms. The maximum atomic E-state index is 12.6. The van der Waals surface area contributed by atoms with E-state index in [1.54, 1.807) is 6.07 Å². The maximum absolute atomic E-state index is 12.6. The molecule has 0 heterocycles. The van der Waals surface area contributed by atoms with E-state index in [2.05, 4.69) is 13.8 Å². The lowest BCUT2D eigenvalue weighted by molar-refractivity contribution is 0.0992. The SMILES string of the molecule is CCC(C)c1ccc(O)c(CC(=O)c2ccc3ccccc3c2)c1. The number of fused-ring (bicyclic) bond motifs is 1. The van der Waals surface area contributed by atoms with Crippen molar-refractivity contribution >= 4 is 16.6 Å². The zero-order valence-electron chi connectivity index (χ0n) is 14.1. The fourth-order valence-corrected chi connectivity index (χ4v) is 2.93. The van der Waals surface area contributed by atoms with Crippen LogP contribution in [0.3, 0.4) is 0 Å². The zero-order chi connectivity index (χ0) is 17.1. The number of rotatable bonds is 5. The van der Waals surface area contributed by atoms with Gasteiger partial charge in [0, 0.05) is 17.5 Å². The third kappa shape index (κ3) is 3.33. The van der Waals surface area contributed by atoms with Gasteiger partial charge in [-0.05, 0) is 40.8 Å². The van der Waals surface area contributed by atoms with Crippen LogP contribution in [0.2, 0.25) is 0 Å². The van der Waals surface area contributed by atoms with Crippen molar-refractivity contribution < 1.29 is 9.90 Å². The van der Waals surface area contributed by atoms with Gasteiger partial charge in [-0.3, -0.25) is 4.79 Å². The number of carbonyl (C=O) groups excluding carboxylic acids is 1. The molecule has 3 aromatic rings. The van der Waals surface area contributed by atoms with Crippen LogP contribution in [0, 0.1) is 0 Å². The molecule has 3 aromatic carbocycles. The number of aromatic hydroxyl groups is 1. The lowest BCUT2D eigenvalue weighted by atomic mass is 9.93. The summed E-state index contributed by atoms with van der Waals surface area (Å²) in [5, 5.41) is 12.3.